The van der Waals surface area contributed by atoms with Crippen molar-refractivity contribution in [2.24, 2.45) is 0 Å². The van der Waals surface area contributed by atoms with Crippen LogP contribution in [0.1, 0.15) is 0 Å². The first-order chi connectivity index (χ1) is 5.57. The van der Waals surface area contributed by atoms with Gasteiger partial charge < -0.3 is 25.2 Å². The highest BCUT2D eigenvalue weighted by molar-refractivity contribution is 5.88. The van der Waals surface area contributed by atoms with Gasteiger partial charge in [-0.05, 0) is 0 Å². The van der Waals surface area contributed by atoms with Crippen LogP contribution < -0.4 is 0 Å². The molecule has 70 valence electrons. The van der Waals surface area contributed by atoms with Crippen molar-refractivity contribution in [3.05, 3.63) is 0 Å². The summed E-state index contributed by atoms with van der Waals surface area (Å²) in [5.41, 5.74) is 0. The van der Waals surface area contributed by atoms with Crippen LogP contribution >= 0.6 is 0 Å². The van der Waals surface area contributed by atoms with Crippen molar-refractivity contribution in [1.29, 1.82) is 0 Å². The molecule has 6 nitrogen and oxygen atoms in total. The molecular weight excluding hydrogens is 168 g/mol. The first-order valence-corrected chi connectivity index (χ1v) is 3.42. The minimum absolute atomic E-state index is 0.625. The van der Waals surface area contributed by atoms with Gasteiger partial charge in [0.25, 0.3) is 0 Å². The highest BCUT2D eigenvalue weighted by atomic mass is 16.6. The van der Waals surface area contributed by atoms with Crippen LogP contribution in [0.25, 0.3) is 0 Å². The summed E-state index contributed by atoms with van der Waals surface area (Å²) in [6, 6.07) is 0. The van der Waals surface area contributed by atoms with Crippen LogP contribution in [0.2, 0.25) is 0 Å². The third-order valence-electron chi connectivity index (χ3n) is 1.69. The lowest BCUT2D eigenvalue weighted by molar-refractivity contribution is -0.239. The van der Waals surface area contributed by atoms with Gasteiger partial charge in [0.15, 0.2) is 12.1 Å². The van der Waals surface area contributed by atoms with Crippen LogP contribution in [0, 0.1) is 0 Å². The molecule has 0 bridgehead atoms. The number of aliphatic hydroxyl groups excluding tert-OH is 4. The standard InChI is InChI=1S/C6H10O6/c7-1-2-3(8)4(9)5(10)6(11)12-2/h2,4-7,9-11H,1H2. The zero-order valence-corrected chi connectivity index (χ0v) is 6.12. The Kier molecular flexibility index (Phi) is 2.76. The van der Waals surface area contributed by atoms with Crippen LogP contribution in [0.15, 0.2) is 0 Å². The predicted octanol–water partition coefficient (Wildman–Crippen LogP) is -3.01. The predicted molar refractivity (Wildman–Crippen MR) is 35.0 cm³/mol. The third-order valence-corrected chi connectivity index (χ3v) is 1.69. The normalized spacial score (nSPS) is 43.2. The van der Waals surface area contributed by atoms with Crippen molar-refractivity contribution in [2.45, 2.75) is 24.6 Å². The molecule has 1 aliphatic heterocycles. The van der Waals surface area contributed by atoms with Crippen molar-refractivity contribution < 1.29 is 30.0 Å². The molecule has 6 heteroatoms. The third kappa shape index (κ3) is 1.47. The number of rotatable bonds is 1. The molecule has 0 amide bonds. The van der Waals surface area contributed by atoms with E-state index in [0.29, 0.717) is 0 Å². The Balaban J connectivity index is 2.70. The van der Waals surface area contributed by atoms with Crippen LogP contribution in [0.5, 0.6) is 0 Å². The van der Waals surface area contributed by atoms with Crippen LogP contribution in [-0.4, -0.2) is 57.4 Å². The van der Waals surface area contributed by atoms with Crippen molar-refractivity contribution >= 4 is 5.78 Å². The number of Topliss-reactive ketones (excluding diaryl/α,β-unsaturated/α-hetero) is 1. The van der Waals surface area contributed by atoms with Gasteiger partial charge in [0.2, 0.25) is 0 Å². The number of aliphatic hydroxyl groups is 4. The first kappa shape index (κ1) is 9.56. The molecule has 0 aromatic heterocycles. The molecule has 0 aromatic rings. The largest absolute Gasteiger partial charge is 0.393 e. The highest BCUT2D eigenvalue weighted by Crippen LogP contribution is 2.15. The average molecular weight is 178 g/mol. The molecule has 4 N–H and O–H groups in total. The Morgan fingerprint density at radius 1 is 1.33 bits per heavy atom. The zero-order valence-electron chi connectivity index (χ0n) is 6.12. The number of carbonyl (C=O) groups is 1. The summed E-state index contributed by atoms with van der Waals surface area (Å²) in [7, 11) is 0. The Bertz CT molecular complexity index is 177. The molecule has 1 heterocycles. The zero-order chi connectivity index (χ0) is 9.30. The number of hydrogen-bond acceptors (Lipinski definition) is 6. The lowest BCUT2D eigenvalue weighted by Crippen LogP contribution is -2.55. The summed E-state index contributed by atoms with van der Waals surface area (Å²) in [4.78, 5) is 10.9. The molecule has 0 aromatic carbocycles. The van der Waals surface area contributed by atoms with Crippen LogP contribution in [0.4, 0.5) is 0 Å². The second-order valence-corrected chi connectivity index (χ2v) is 2.54. The molecule has 0 aliphatic carbocycles. The van der Waals surface area contributed by atoms with E-state index in [0.717, 1.165) is 0 Å². The molecule has 1 fully saturated rings. The van der Waals surface area contributed by atoms with Gasteiger partial charge >= 0.3 is 0 Å². The minimum atomic E-state index is -1.69. The quantitative estimate of drug-likeness (QED) is 0.340. The maximum absolute atomic E-state index is 10.9. The molecule has 0 spiro atoms. The van der Waals surface area contributed by atoms with E-state index < -0.39 is 37.0 Å². The van der Waals surface area contributed by atoms with Crippen LogP contribution in [0.3, 0.4) is 0 Å². The number of hydrogen-bond donors (Lipinski definition) is 4. The summed E-state index contributed by atoms with van der Waals surface area (Å²) in [5, 5.41) is 35.3. The summed E-state index contributed by atoms with van der Waals surface area (Å²) in [5.74, 6) is -0.824. The Morgan fingerprint density at radius 2 is 1.92 bits per heavy atom. The monoisotopic (exact) mass is 178 g/mol. The van der Waals surface area contributed by atoms with E-state index in [-0.39, 0.29) is 0 Å². The van der Waals surface area contributed by atoms with E-state index in [1.165, 1.54) is 0 Å². The number of carbonyl (C=O) groups excluding carboxylic acids is 1. The van der Waals surface area contributed by atoms with Gasteiger partial charge in [-0.1, -0.05) is 0 Å². The highest BCUT2D eigenvalue weighted by Gasteiger charge is 2.42. The lowest BCUT2D eigenvalue weighted by Gasteiger charge is -2.31. The maximum Gasteiger partial charge on any atom is 0.195 e. The topological polar surface area (TPSA) is 107 Å². The van der Waals surface area contributed by atoms with E-state index >= 15 is 0 Å². The molecule has 1 saturated heterocycles. The van der Waals surface area contributed by atoms with E-state index in [4.69, 9.17) is 20.4 Å². The van der Waals surface area contributed by atoms with E-state index in [9.17, 15) is 4.79 Å². The smallest absolute Gasteiger partial charge is 0.195 e. The average Bonchev–Trinajstić information content (AvgIpc) is 2.08. The summed E-state index contributed by atoms with van der Waals surface area (Å²) < 4.78 is 4.48. The molecule has 0 saturated carbocycles. The molecule has 1 rings (SSSR count). The fraction of sp³-hybridized carbons (Fsp3) is 0.833. The molecule has 4 atom stereocenters. The summed E-state index contributed by atoms with van der Waals surface area (Å²) in [6.45, 7) is -0.625. The number of ether oxygens (including phenoxy) is 1. The van der Waals surface area contributed by atoms with Gasteiger partial charge in [-0.15, -0.1) is 0 Å². The number of ketones is 1. The second kappa shape index (κ2) is 3.46. The van der Waals surface area contributed by atoms with E-state index in [1.54, 1.807) is 0 Å². The maximum atomic E-state index is 10.9. The van der Waals surface area contributed by atoms with Gasteiger partial charge in [-0.25, -0.2) is 0 Å². The Hall–Kier alpha value is -0.530. The first-order valence-electron chi connectivity index (χ1n) is 3.42. The summed E-state index contributed by atoms with van der Waals surface area (Å²) >= 11 is 0. The fourth-order valence-corrected chi connectivity index (χ4v) is 0.964. The minimum Gasteiger partial charge on any atom is -0.393 e. The molecule has 12 heavy (non-hydrogen) atoms. The molecule has 4 unspecified atom stereocenters. The van der Waals surface area contributed by atoms with Crippen LogP contribution in [-0.2, 0) is 9.53 Å². The Morgan fingerprint density at radius 3 is 2.42 bits per heavy atom. The Labute approximate surface area is 68.0 Å². The van der Waals surface area contributed by atoms with Gasteiger partial charge in [0, 0.05) is 0 Å². The SMILES string of the molecule is O=C1C(CO)OC(O)C(O)C1O. The lowest BCUT2D eigenvalue weighted by atomic mass is 10.0. The van der Waals surface area contributed by atoms with E-state index in [1.807, 2.05) is 0 Å². The van der Waals surface area contributed by atoms with Crippen molar-refractivity contribution in [3.8, 4) is 0 Å². The van der Waals surface area contributed by atoms with Crippen molar-refractivity contribution in [1.82, 2.24) is 0 Å². The van der Waals surface area contributed by atoms with Gasteiger partial charge in [-0.2, -0.15) is 0 Å². The van der Waals surface area contributed by atoms with Gasteiger partial charge in [-0.3, -0.25) is 4.79 Å². The molecule has 0 radical (unpaired) electrons. The second-order valence-electron chi connectivity index (χ2n) is 2.54. The summed E-state index contributed by atoms with van der Waals surface area (Å²) in [6.07, 6.45) is -6.21. The van der Waals surface area contributed by atoms with Gasteiger partial charge in [0.1, 0.15) is 18.3 Å². The van der Waals surface area contributed by atoms with Crippen molar-refractivity contribution in [2.75, 3.05) is 6.61 Å². The molecule has 1 aliphatic rings. The van der Waals surface area contributed by atoms with E-state index in [2.05, 4.69) is 4.74 Å². The fourth-order valence-electron chi connectivity index (χ4n) is 0.964. The van der Waals surface area contributed by atoms with Crippen molar-refractivity contribution in [3.63, 3.8) is 0 Å². The molecular formula is C6H10O6. The van der Waals surface area contributed by atoms with Gasteiger partial charge in [0.05, 0.1) is 6.61 Å².